The Balaban J connectivity index is 1.58. The Morgan fingerprint density at radius 2 is 1.80 bits per heavy atom. The third-order valence-electron chi connectivity index (χ3n) is 6.04. The van der Waals surface area contributed by atoms with E-state index in [1.54, 1.807) is 31.4 Å². The molecule has 0 radical (unpaired) electrons. The summed E-state index contributed by atoms with van der Waals surface area (Å²) in [7, 11) is 3.15. The molecule has 3 aromatic rings. The van der Waals surface area contributed by atoms with Gasteiger partial charge in [0, 0.05) is 17.3 Å². The number of hydrogen-bond acceptors (Lipinski definition) is 5. The first-order valence-electron chi connectivity index (χ1n) is 10.1. The number of hydrogen-bond donors (Lipinski definition) is 1. The highest BCUT2D eigenvalue weighted by molar-refractivity contribution is 5.97. The van der Waals surface area contributed by atoms with Crippen molar-refractivity contribution >= 4 is 16.9 Å². The van der Waals surface area contributed by atoms with Crippen molar-refractivity contribution in [2.45, 2.75) is 31.1 Å². The molecule has 1 saturated carbocycles. The van der Waals surface area contributed by atoms with Gasteiger partial charge in [0.2, 0.25) is 0 Å². The van der Waals surface area contributed by atoms with Crippen LogP contribution in [0.4, 0.5) is 0 Å². The minimum atomic E-state index is -0.672. The molecule has 156 valence electrons. The second kappa shape index (κ2) is 8.22. The van der Waals surface area contributed by atoms with Crippen LogP contribution < -0.4 is 20.4 Å². The van der Waals surface area contributed by atoms with Crippen molar-refractivity contribution < 1.29 is 18.7 Å². The van der Waals surface area contributed by atoms with Gasteiger partial charge in [-0.3, -0.25) is 4.79 Å². The van der Waals surface area contributed by atoms with Crippen LogP contribution >= 0.6 is 0 Å². The maximum atomic E-state index is 12.9. The van der Waals surface area contributed by atoms with E-state index in [-0.39, 0.29) is 11.0 Å². The number of fused-ring (bicyclic) bond motifs is 1. The van der Waals surface area contributed by atoms with Crippen LogP contribution in [0.25, 0.3) is 11.0 Å². The Morgan fingerprint density at radius 1 is 1.07 bits per heavy atom. The zero-order chi connectivity index (χ0) is 21.1. The van der Waals surface area contributed by atoms with Gasteiger partial charge >= 0.3 is 5.63 Å². The highest BCUT2D eigenvalue weighted by atomic mass is 16.5. The van der Waals surface area contributed by atoms with Crippen LogP contribution in [0.2, 0.25) is 0 Å². The fourth-order valence-corrected chi connectivity index (χ4v) is 4.35. The Kier molecular flexibility index (Phi) is 5.48. The molecule has 0 unspecified atom stereocenters. The molecule has 2 aromatic carbocycles. The van der Waals surface area contributed by atoms with Crippen molar-refractivity contribution in [3.8, 4) is 11.5 Å². The molecular formula is C24H25NO5. The molecule has 30 heavy (non-hydrogen) atoms. The van der Waals surface area contributed by atoms with Crippen molar-refractivity contribution in [1.82, 2.24) is 5.32 Å². The van der Waals surface area contributed by atoms with E-state index in [4.69, 9.17) is 13.9 Å². The number of nitrogens with one attached hydrogen (secondary N) is 1. The molecule has 0 atom stereocenters. The summed E-state index contributed by atoms with van der Waals surface area (Å²) in [4.78, 5) is 25.3. The molecule has 1 N–H and O–H groups in total. The van der Waals surface area contributed by atoms with Crippen LogP contribution in [0.15, 0.2) is 57.7 Å². The van der Waals surface area contributed by atoms with Gasteiger partial charge in [-0.15, -0.1) is 0 Å². The Morgan fingerprint density at radius 3 is 2.47 bits per heavy atom. The molecule has 0 saturated heterocycles. The summed E-state index contributed by atoms with van der Waals surface area (Å²) < 4.78 is 15.9. The number of carbonyl (C=O) groups is 1. The summed E-state index contributed by atoms with van der Waals surface area (Å²) in [6.45, 7) is 0.466. The Bertz CT molecular complexity index is 1110. The van der Waals surface area contributed by atoms with Gasteiger partial charge in [0.25, 0.3) is 5.91 Å². The molecule has 1 aromatic heterocycles. The maximum Gasteiger partial charge on any atom is 0.349 e. The Labute approximate surface area is 174 Å². The summed E-state index contributed by atoms with van der Waals surface area (Å²) in [5.74, 6) is 0.842. The van der Waals surface area contributed by atoms with Crippen LogP contribution in [0.1, 0.15) is 41.6 Å². The summed E-state index contributed by atoms with van der Waals surface area (Å²) in [5, 5.41) is 3.62. The highest BCUT2D eigenvalue weighted by Gasteiger charge is 2.36. The minimum Gasteiger partial charge on any atom is -0.497 e. The number of benzene rings is 2. The average Bonchev–Trinajstić information content (AvgIpc) is 3.27. The second-order valence-corrected chi connectivity index (χ2v) is 7.72. The first-order chi connectivity index (χ1) is 14.6. The number of carbonyl (C=O) groups excluding carboxylic acids is 1. The van der Waals surface area contributed by atoms with Gasteiger partial charge in [-0.05, 0) is 42.7 Å². The van der Waals surface area contributed by atoms with Gasteiger partial charge in [0.15, 0.2) is 11.3 Å². The van der Waals surface area contributed by atoms with Crippen molar-refractivity contribution in [2.24, 2.45) is 0 Å². The van der Waals surface area contributed by atoms with Crippen LogP contribution in [-0.4, -0.2) is 26.7 Å². The molecule has 1 amide bonds. The molecule has 0 aliphatic heterocycles. The van der Waals surface area contributed by atoms with E-state index in [1.165, 1.54) is 12.7 Å². The fourth-order valence-electron chi connectivity index (χ4n) is 4.35. The third-order valence-corrected chi connectivity index (χ3v) is 6.04. The van der Waals surface area contributed by atoms with E-state index in [2.05, 4.69) is 17.4 Å². The molecule has 6 heteroatoms. The zero-order valence-corrected chi connectivity index (χ0v) is 17.2. The predicted molar refractivity (Wildman–Crippen MR) is 115 cm³/mol. The first-order valence-corrected chi connectivity index (χ1v) is 10.1. The molecule has 0 bridgehead atoms. The van der Waals surface area contributed by atoms with Gasteiger partial charge in [-0.25, -0.2) is 4.79 Å². The molecule has 0 spiro atoms. The standard InChI is InChI=1S/C24H25NO5/c1-28-18-10-8-17(9-11-18)24(12-3-4-13-24)15-25-22(26)19-14-16-6-5-7-20(29-2)21(16)30-23(19)27/h5-11,14H,3-4,12-13,15H2,1-2H3,(H,25,26). The lowest BCUT2D eigenvalue weighted by molar-refractivity contribution is 0.0939. The van der Waals surface area contributed by atoms with Gasteiger partial charge in [0.05, 0.1) is 14.2 Å². The third kappa shape index (κ3) is 3.65. The van der Waals surface area contributed by atoms with Gasteiger partial charge in [0.1, 0.15) is 11.3 Å². The number of methoxy groups -OCH3 is 2. The van der Waals surface area contributed by atoms with E-state index in [1.807, 2.05) is 12.1 Å². The smallest absolute Gasteiger partial charge is 0.349 e. The van der Waals surface area contributed by atoms with Gasteiger partial charge in [-0.2, -0.15) is 0 Å². The predicted octanol–water partition coefficient (Wildman–Crippen LogP) is 4.05. The van der Waals surface area contributed by atoms with Gasteiger partial charge < -0.3 is 19.2 Å². The SMILES string of the molecule is COc1ccc(C2(CNC(=O)c3cc4cccc(OC)c4oc3=O)CCCC2)cc1. The number of rotatable bonds is 6. The molecule has 4 rings (SSSR count). The first kappa shape index (κ1) is 20.0. The van der Waals surface area contributed by atoms with E-state index in [0.29, 0.717) is 23.3 Å². The van der Waals surface area contributed by atoms with Crippen LogP contribution in [0.3, 0.4) is 0 Å². The van der Waals surface area contributed by atoms with E-state index in [0.717, 1.165) is 31.4 Å². The molecule has 1 heterocycles. The molecule has 1 aliphatic rings. The van der Waals surface area contributed by atoms with E-state index < -0.39 is 11.5 Å². The molecule has 1 fully saturated rings. The topological polar surface area (TPSA) is 77.8 Å². The van der Waals surface area contributed by atoms with Crippen molar-refractivity contribution in [1.29, 1.82) is 0 Å². The second-order valence-electron chi connectivity index (χ2n) is 7.72. The molecule has 6 nitrogen and oxygen atoms in total. The number of para-hydroxylation sites is 1. The van der Waals surface area contributed by atoms with Crippen molar-refractivity contribution in [3.63, 3.8) is 0 Å². The quantitative estimate of drug-likeness (QED) is 0.624. The lowest BCUT2D eigenvalue weighted by Crippen LogP contribution is -2.40. The van der Waals surface area contributed by atoms with Crippen LogP contribution in [-0.2, 0) is 5.41 Å². The highest BCUT2D eigenvalue weighted by Crippen LogP contribution is 2.41. The lowest BCUT2D eigenvalue weighted by Gasteiger charge is -2.30. The van der Waals surface area contributed by atoms with E-state index in [9.17, 15) is 9.59 Å². The van der Waals surface area contributed by atoms with Crippen molar-refractivity contribution in [3.05, 3.63) is 70.1 Å². The number of amides is 1. The maximum absolute atomic E-state index is 12.9. The number of ether oxygens (including phenoxy) is 2. The molecule has 1 aliphatic carbocycles. The zero-order valence-electron chi connectivity index (χ0n) is 17.2. The summed E-state index contributed by atoms with van der Waals surface area (Å²) in [6.07, 6.45) is 4.20. The summed E-state index contributed by atoms with van der Waals surface area (Å²) in [5.41, 5.74) is 0.707. The molecular weight excluding hydrogens is 382 g/mol. The normalized spacial score (nSPS) is 15.1. The largest absolute Gasteiger partial charge is 0.497 e. The van der Waals surface area contributed by atoms with Gasteiger partial charge in [-0.1, -0.05) is 37.1 Å². The summed E-state index contributed by atoms with van der Waals surface area (Å²) in [6, 6.07) is 14.9. The monoisotopic (exact) mass is 407 g/mol. The van der Waals surface area contributed by atoms with E-state index >= 15 is 0 Å². The van der Waals surface area contributed by atoms with Crippen LogP contribution in [0.5, 0.6) is 11.5 Å². The fraction of sp³-hybridized carbons (Fsp3) is 0.333. The van der Waals surface area contributed by atoms with Crippen LogP contribution in [0, 0.1) is 0 Å². The Hall–Kier alpha value is -3.28. The minimum absolute atomic E-state index is 0.00127. The van der Waals surface area contributed by atoms with Crippen molar-refractivity contribution in [2.75, 3.05) is 20.8 Å². The lowest BCUT2D eigenvalue weighted by atomic mass is 9.78. The average molecular weight is 407 g/mol. The summed E-state index contributed by atoms with van der Waals surface area (Å²) >= 11 is 0.